The highest BCUT2D eigenvalue weighted by atomic mass is 16.6. The van der Waals surface area contributed by atoms with Crippen molar-refractivity contribution in [1.82, 2.24) is 6.15 Å². The molecule has 1 atom stereocenters. The molecule has 0 radical (unpaired) electrons. The van der Waals surface area contributed by atoms with Gasteiger partial charge in [-0.05, 0) is 65.2 Å². The molecule has 138 valence electrons. The van der Waals surface area contributed by atoms with E-state index in [4.69, 9.17) is 4.74 Å². The van der Waals surface area contributed by atoms with Gasteiger partial charge in [0.2, 0.25) is 0 Å². The number of esters is 1. The van der Waals surface area contributed by atoms with Crippen molar-refractivity contribution in [2.24, 2.45) is 10.8 Å². The van der Waals surface area contributed by atoms with Crippen molar-refractivity contribution in [2.75, 3.05) is 0 Å². The van der Waals surface area contributed by atoms with Crippen molar-refractivity contribution < 1.29 is 9.53 Å². The molecule has 23 heavy (non-hydrogen) atoms. The molecule has 0 aliphatic heterocycles. The van der Waals surface area contributed by atoms with Crippen molar-refractivity contribution in [3.63, 3.8) is 0 Å². The molecule has 3 nitrogen and oxygen atoms in total. The van der Waals surface area contributed by atoms with Crippen LogP contribution in [0.3, 0.4) is 0 Å². The number of hydrogen-bond donors (Lipinski definition) is 1. The maximum Gasteiger partial charge on any atom is 0.316 e. The summed E-state index contributed by atoms with van der Waals surface area (Å²) in [5.41, 5.74) is 0.216. The molecule has 0 bridgehead atoms. The molecule has 1 unspecified atom stereocenters. The summed E-state index contributed by atoms with van der Waals surface area (Å²) in [7, 11) is 0. The van der Waals surface area contributed by atoms with E-state index in [1.807, 2.05) is 6.92 Å². The molecule has 0 heterocycles. The van der Waals surface area contributed by atoms with Crippen LogP contribution < -0.4 is 6.15 Å². The fraction of sp³-hybridized carbons (Fsp3) is 0.850. The first kappa shape index (κ1) is 24.4. The van der Waals surface area contributed by atoms with E-state index in [0.29, 0.717) is 0 Å². The van der Waals surface area contributed by atoms with Crippen LogP contribution in [0.2, 0.25) is 0 Å². The van der Waals surface area contributed by atoms with Crippen LogP contribution in [0.1, 0.15) is 94.4 Å². The molecular formula is C20H41NO2. The zero-order chi connectivity index (χ0) is 16.3. The lowest BCUT2D eigenvalue weighted by Gasteiger charge is -2.43. The maximum atomic E-state index is 13.0. The van der Waals surface area contributed by atoms with Crippen LogP contribution in [-0.4, -0.2) is 11.6 Å². The van der Waals surface area contributed by atoms with Gasteiger partial charge in [-0.1, -0.05) is 46.3 Å². The van der Waals surface area contributed by atoms with Crippen LogP contribution in [0.5, 0.6) is 0 Å². The first-order chi connectivity index (χ1) is 9.56. The highest BCUT2D eigenvalue weighted by Crippen LogP contribution is 2.46. The molecule has 3 heteroatoms. The number of ether oxygens (including phenoxy) is 1. The molecule has 1 rings (SSSR count). The van der Waals surface area contributed by atoms with E-state index in [1.165, 1.54) is 24.8 Å². The zero-order valence-corrected chi connectivity index (χ0v) is 15.8. The molecule has 0 spiro atoms. The molecule has 1 aliphatic carbocycles. The Morgan fingerprint density at radius 3 is 2.00 bits per heavy atom. The second kappa shape index (κ2) is 8.86. The van der Waals surface area contributed by atoms with Crippen LogP contribution in [0.15, 0.2) is 11.6 Å². The normalized spacial score (nSPS) is 19.4. The Labute approximate surface area is 144 Å². The van der Waals surface area contributed by atoms with Gasteiger partial charge in [-0.3, -0.25) is 4.79 Å². The first-order valence-electron chi connectivity index (χ1n) is 8.46. The second-order valence-corrected chi connectivity index (χ2v) is 8.06. The Balaban J connectivity index is 0. The average Bonchev–Trinajstić information content (AvgIpc) is 2.37. The van der Waals surface area contributed by atoms with Gasteiger partial charge in [-0.15, -0.1) is 0 Å². The SMILES string of the molecule is C.CCC(C)(C)C(C)(C=C(C)C)C(=O)OC1(C)CCCCC1.N. The van der Waals surface area contributed by atoms with Crippen molar-refractivity contribution >= 4 is 5.97 Å². The first-order valence-corrected chi connectivity index (χ1v) is 8.46. The summed E-state index contributed by atoms with van der Waals surface area (Å²) in [6.07, 6.45) is 8.63. The monoisotopic (exact) mass is 327 g/mol. The lowest BCUT2D eigenvalue weighted by atomic mass is 9.64. The van der Waals surface area contributed by atoms with Gasteiger partial charge >= 0.3 is 5.97 Å². The molecule has 1 aliphatic rings. The summed E-state index contributed by atoms with van der Waals surface area (Å²) in [5.74, 6) is -0.0556. The van der Waals surface area contributed by atoms with E-state index in [9.17, 15) is 4.79 Å². The molecule has 0 aromatic heterocycles. The van der Waals surface area contributed by atoms with Gasteiger partial charge in [0, 0.05) is 0 Å². The Kier molecular flexibility index (Phi) is 9.41. The summed E-state index contributed by atoms with van der Waals surface area (Å²) in [5, 5.41) is 0. The fourth-order valence-electron chi connectivity index (χ4n) is 3.21. The molecule has 1 saturated carbocycles. The van der Waals surface area contributed by atoms with E-state index in [2.05, 4.69) is 47.6 Å². The van der Waals surface area contributed by atoms with Gasteiger partial charge in [-0.25, -0.2) is 0 Å². The highest BCUT2D eigenvalue weighted by Gasteiger charge is 2.47. The third-order valence-electron chi connectivity index (χ3n) is 5.54. The third kappa shape index (κ3) is 5.63. The minimum absolute atomic E-state index is 0. The predicted molar refractivity (Wildman–Crippen MR) is 101 cm³/mol. The number of carbonyl (C=O) groups is 1. The van der Waals surface area contributed by atoms with Gasteiger partial charge in [0.05, 0.1) is 5.41 Å². The number of rotatable bonds is 5. The van der Waals surface area contributed by atoms with Crippen LogP contribution in [0.4, 0.5) is 0 Å². The molecule has 0 saturated heterocycles. The Hall–Kier alpha value is -0.830. The third-order valence-corrected chi connectivity index (χ3v) is 5.54. The van der Waals surface area contributed by atoms with Gasteiger partial charge < -0.3 is 10.9 Å². The van der Waals surface area contributed by atoms with Gasteiger partial charge in [0.15, 0.2) is 0 Å². The number of hydrogen-bond acceptors (Lipinski definition) is 3. The maximum absolute atomic E-state index is 13.0. The van der Waals surface area contributed by atoms with Crippen molar-refractivity contribution in [2.45, 2.75) is 100 Å². The predicted octanol–water partition coefficient (Wildman–Crippen LogP) is 6.46. The Morgan fingerprint density at radius 1 is 1.13 bits per heavy atom. The Bertz CT molecular complexity index is 402. The van der Waals surface area contributed by atoms with E-state index in [1.54, 1.807) is 0 Å². The van der Waals surface area contributed by atoms with Crippen molar-refractivity contribution in [3.8, 4) is 0 Å². The van der Waals surface area contributed by atoms with Crippen LogP contribution in [0.25, 0.3) is 0 Å². The Morgan fingerprint density at radius 2 is 1.61 bits per heavy atom. The molecule has 0 aromatic rings. The lowest BCUT2D eigenvalue weighted by Crippen LogP contribution is -2.46. The van der Waals surface area contributed by atoms with Gasteiger partial charge in [0.1, 0.15) is 5.60 Å². The minimum Gasteiger partial charge on any atom is -0.459 e. The van der Waals surface area contributed by atoms with Crippen LogP contribution in [-0.2, 0) is 9.53 Å². The van der Waals surface area contributed by atoms with Crippen LogP contribution >= 0.6 is 0 Å². The summed E-state index contributed by atoms with van der Waals surface area (Å²) < 4.78 is 6.05. The largest absolute Gasteiger partial charge is 0.459 e. The quantitative estimate of drug-likeness (QED) is 0.465. The van der Waals surface area contributed by atoms with E-state index in [0.717, 1.165) is 19.3 Å². The van der Waals surface area contributed by atoms with E-state index >= 15 is 0 Å². The topological polar surface area (TPSA) is 61.3 Å². The summed E-state index contributed by atoms with van der Waals surface area (Å²) in [4.78, 5) is 13.0. The van der Waals surface area contributed by atoms with E-state index in [-0.39, 0.29) is 30.6 Å². The molecule has 1 fully saturated rings. The summed E-state index contributed by atoms with van der Waals surface area (Å²) in [6.45, 7) is 14.7. The van der Waals surface area contributed by atoms with Gasteiger partial charge in [0.25, 0.3) is 0 Å². The lowest BCUT2D eigenvalue weighted by molar-refractivity contribution is -0.176. The molecule has 0 amide bonds. The standard InChI is InChI=1S/C19H34O2.CH4.H3N/c1-8-17(4,5)19(7,14-15(2)3)16(20)21-18(6)12-10-9-11-13-18;;/h14H,8-13H2,1-7H3;1H4;1H3. The van der Waals surface area contributed by atoms with Gasteiger partial charge in [-0.2, -0.15) is 0 Å². The fourth-order valence-corrected chi connectivity index (χ4v) is 3.21. The molecule has 0 aromatic carbocycles. The van der Waals surface area contributed by atoms with Crippen LogP contribution in [0, 0.1) is 10.8 Å². The zero-order valence-electron chi connectivity index (χ0n) is 15.8. The van der Waals surface area contributed by atoms with E-state index < -0.39 is 5.41 Å². The van der Waals surface area contributed by atoms with Crippen molar-refractivity contribution in [3.05, 3.63) is 11.6 Å². The minimum atomic E-state index is -0.568. The second-order valence-electron chi connectivity index (χ2n) is 8.06. The summed E-state index contributed by atoms with van der Waals surface area (Å²) >= 11 is 0. The number of carbonyl (C=O) groups excluding carboxylic acids is 1. The average molecular weight is 328 g/mol. The smallest absolute Gasteiger partial charge is 0.316 e. The molecule has 3 N–H and O–H groups in total. The van der Waals surface area contributed by atoms with Crippen molar-refractivity contribution in [1.29, 1.82) is 0 Å². The number of allylic oxidation sites excluding steroid dienone is 1. The molecular weight excluding hydrogens is 286 g/mol. The summed E-state index contributed by atoms with van der Waals surface area (Å²) in [6, 6.07) is 0. The highest BCUT2D eigenvalue weighted by molar-refractivity contribution is 5.80.